The van der Waals surface area contributed by atoms with Gasteiger partial charge in [-0.3, -0.25) is 9.69 Å². The van der Waals surface area contributed by atoms with Gasteiger partial charge in [0.2, 0.25) is 10.0 Å². The highest BCUT2D eigenvalue weighted by molar-refractivity contribution is 7.89. The molecular weight excluding hydrogens is 446 g/mol. The van der Waals surface area contributed by atoms with Gasteiger partial charge in [0.15, 0.2) is 0 Å². The van der Waals surface area contributed by atoms with Crippen molar-refractivity contribution in [2.75, 3.05) is 26.2 Å². The first kappa shape index (κ1) is 23.2. The van der Waals surface area contributed by atoms with Gasteiger partial charge in [-0.15, -0.1) is 0 Å². The van der Waals surface area contributed by atoms with Crippen molar-refractivity contribution in [2.24, 2.45) is 0 Å². The van der Waals surface area contributed by atoms with Crippen LogP contribution in [0.5, 0.6) is 0 Å². The molecule has 4 rings (SSSR count). The molecule has 2 aliphatic rings. The van der Waals surface area contributed by atoms with Crippen LogP contribution in [0.1, 0.15) is 48.0 Å². The standard InChI is InChI=1S/C24H30ClN3O3S/c25-21-9-7-19(8-10-21)18-27-15-11-22(12-16-27)26-24(29)20-5-4-6-23(17-20)32(30,31)28-13-2-1-3-14-28/h4-10,17,22H,1-3,11-16,18H2,(H,26,29). The third kappa shape index (κ3) is 5.70. The third-order valence-electron chi connectivity index (χ3n) is 6.29. The Labute approximate surface area is 195 Å². The van der Waals surface area contributed by atoms with Crippen molar-refractivity contribution in [3.05, 3.63) is 64.7 Å². The van der Waals surface area contributed by atoms with Crippen molar-refractivity contribution in [1.82, 2.24) is 14.5 Å². The summed E-state index contributed by atoms with van der Waals surface area (Å²) in [5, 5.41) is 3.83. The number of rotatable bonds is 6. The molecule has 0 spiro atoms. The minimum Gasteiger partial charge on any atom is -0.349 e. The van der Waals surface area contributed by atoms with E-state index in [1.807, 2.05) is 24.3 Å². The van der Waals surface area contributed by atoms with E-state index in [1.165, 1.54) is 15.9 Å². The summed E-state index contributed by atoms with van der Waals surface area (Å²) < 4.78 is 27.4. The number of sulfonamides is 1. The van der Waals surface area contributed by atoms with Gasteiger partial charge in [-0.25, -0.2) is 8.42 Å². The smallest absolute Gasteiger partial charge is 0.251 e. The molecule has 0 unspecified atom stereocenters. The maximum atomic E-state index is 12.9. The molecule has 2 heterocycles. The molecular formula is C24H30ClN3O3S. The summed E-state index contributed by atoms with van der Waals surface area (Å²) in [7, 11) is -3.55. The van der Waals surface area contributed by atoms with Crippen LogP contribution in [0.3, 0.4) is 0 Å². The lowest BCUT2D eigenvalue weighted by atomic mass is 10.0. The average molecular weight is 476 g/mol. The predicted octanol–water partition coefficient (Wildman–Crippen LogP) is 3.91. The molecule has 8 heteroatoms. The second-order valence-corrected chi connectivity index (χ2v) is 11.0. The van der Waals surface area contributed by atoms with Gasteiger partial charge in [0.1, 0.15) is 0 Å². The largest absolute Gasteiger partial charge is 0.349 e. The summed E-state index contributed by atoms with van der Waals surface area (Å²) in [6, 6.07) is 14.4. The Kier molecular flexibility index (Phi) is 7.51. The van der Waals surface area contributed by atoms with Crippen LogP contribution in [0.15, 0.2) is 53.4 Å². The monoisotopic (exact) mass is 475 g/mol. The molecule has 0 aromatic heterocycles. The number of amides is 1. The zero-order valence-electron chi connectivity index (χ0n) is 18.2. The van der Waals surface area contributed by atoms with Gasteiger partial charge in [-0.1, -0.05) is 36.2 Å². The SMILES string of the molecule is O=C(NC1CCN(Cc2ccc(Cl)cc2)CC1)c1cccc(S(=O)(=O)N2CCCCC2)c1. The van der Waals surface area contributed by atoms with E-state index in [1.54, 1.807) is 18.2 Å². The first-order valence-corrected chi connectivity index (χ1v) is 13.1. The van der Waals surface area contributed by atoms with E-state index in [0.717, 1.165) is 56.8 Å². The van der Waals surface area contributed by atoms with E-state index in [-0.39, 0.29) is 16.8 Å². The van der Waals surface area contributed by atoms with E-state index in [9.17, 15) is 13.2 Å². The number of benzene rings is 2. The topological polar surface area (TPSA) is 69.7 Å². The number of likely N-dealkylation sites (tertiary alicyclic amines) is 1. The van der Waals surface area contributed by atoms with Crippen molar-refractivity contribution in [3.8, 4) is 0 Å². The lowest BCUT2D eigenvalue weighted by Gasteiger charge is -2.32. The van der Waals surface area contributed by atoms with Crippen LogP contribution in [-0.4, -0.2) is 55.8 Å². The molecule has 0 aliphatic carbocycles. The number of nitrogens with zero attached hydrogens (tertiary/aromatic N) is 2. The van der Waals surface area contributed by atoms with Crippen LogP contribution in [0.25, 0.3) is 0 Å². The van der Waals surface area contributed by atoms with Crippen LogP contribution in [-0.2, 0) is 16.6 Å². The van der Waals surface area contributed by atoms with Crippen LogP contribution >= 0.6 is 11.6 Å². The van der Waals surface area contributed by atoms with Crippen molar-refractivity contribution in [3.63, 3.8) is 0 Å². The zero-order chi connectivity index (χ0) is 22.6. The zero-order valence-corrected chi connectivity index (χ0v) is 19.7. The summed E-state index contributed by atoms with van der Waals surface area (Å²) in [5.74, 6) is -0.211. The predicted molar refractivity (Wildman–Crippen MR) is 126 cm³/mol. The number of piperidine rings is 2. The molecule has 2 aromatic rings. The maximum Gasteiger partial charge on any atom is 0.251 e. The lowest BCUT2D eigenvalue weighted by molar-refractivity contribution is 0.0908. The average Bonchev–Trinajstić information content (AvgIpc) is 2.82. The molecule has 1 amide bonds. The van der Waals surface area contributed by atoms with Crippen molar-refractivity contribution >= 4 is 27.5 Å². The van der Waals surface area contributed by atoms with Crippen molar-refractivity contribution in [1.29, 1.82) is 0 Å². The molecule has 6 nitrogen and oxygen atoms in total. The third-order valence-corrected chi connectivity index (χ3v) is 8.44. The molecule has 2 aliphatic heterocycles. The fraction of sp³-hybridized carbons (Fsp3) is 0.458. The number of hydrogen-bond donors (Lipinski definition) is 1. The molecule has 2 saturated heterocycles. The van der Waals surface area contributed by atoms with Gasteiger partial charge in [-0.2, -0.15) is 4.31 Å². The molecule has 0 bridgehead atoms. The second-order valence-electron chi connectivity index (χ2n) is 8.64. The number of carbonyl (C=O) groups is 1. The van der Waals surface area contributed by atoms with Gasteiger partial charge in [0.05, 0.1) is 4.90 Å². The van der Waals surface area contributed by atoms with Gasteiger partial charge in [0, 0.05) is 49.4 Å². The fourth-order valence-corrected chi connectivity index (χ4v) is 6.09. The number of nitrogens with one attached hydrogen (secondary N) is 1. The lowest BCUT2D eigenvalue weighted by Crippen LogP contribution is -2.44. The summed E-state index contributed by atoms with van der Waals surface area (Å²) in [5.41, 5.74) is 1.62. The van der Waals surface area contributed by atoms with Crippen molar-refractivity contribution in [2.45, 2.75) is 49.6 Å². The van der Waals surface area contributed by atoms with E-state index < -0.39 is 10.0 Å². The van der Waals surface area contributed by atoms with E-state index in [0.29, 0.717) is 18.7 Å². The molecule has 1 N–H and O–H groups in total. The summed E-state index contributed by atoms with van der Waals surface area (Å²) >= 11 is 5.96. The normalized spacial score (nSPS) is 19.0. The van der Waals surface area contributed by atoms with Gasteiger partial charge in [-0.05, 0) is 61.6 Å². The van der Waals surface area contributed by atoms with Crippen LogP contribution in [0, 0.1) is 0 Å². The van der Waals surface area contributed by atoms with E-state index in [4.69, 9.17) is 11.6 Å². The van der Waals surface area contributed by atoms with Crippen LogP contribution in [0.2, 0.25) is 5.02 Å². The number of halogens is 1. The summed E-state index contributed by atoms with van der Waals surface area (Å²) in [4.78, 5) is 15.4. The molecule has 2 fully saturated rings. The first-order chi connectivity index (χ1) is 15.4. The van der Waals surface area contributed by atoms with Gasteiger partial charge < -0.3 is 5.32 Å². The highest BCUT2D eigenvalue weighted by Gasteiger charge is 2.27. The Hall–Kier alpha value is -1.93. The van der Waals surface area contributed by atoms with Gasteiger partial charge >= 0.3 is 0 Å². The molecule has 0 saturated carbocycles. The summed E-state index contributed by atoms with van der Waals surface area (Å²) in [6.45, 7) is 3.77. The molecule has 0 radical (unpaired) electrons. The first-order valence-electron chi connectivity index (χ1n) is 11.3. The second kappa shape index (κ2) is 10.3. The minimum atomic E-state index is -3.55. The number of carbonyl (C=O) groups excluding carboxylic acids is 1. The highest BCUT2D eigenvalue weighted by Crippen LogP contribution is 2.22. The summed E-state index contributed by atoms with van der Waals surface area (Å²) in [6.07, 6.45) is 4.56. The highest BCUT2D eigenvalue weighted by atomic mass is 35.5. The van der Waals surface area contributed by atoms with Crippen LogP contribution < -0.4 is 5.32 Å². The van der Waals surface area contributed by atoms with Crippen molar-refractivity contribution < 1.29 is 13.2 Å². The van der Waals surface area contributed by atoms with Crippen LogP contribution in [0.4, 0.5) is 0 Å². The Bertz CT molecular complexity index is 1030. The Balaban J connectivity index is 1.32. The van der Waals surface area contributed by atoms with E-state index >= 15 is 0 Å². The van der Waals surface area contributed by atoms with E-state index in [2.05, 4.69) is 10.2 Å². The maximum absolute atomic E-state index is 12.9. The Morgan fingerprint density at radius 3 is 2.34 bits per heavy atom. The Morgan fingerprint density at radius 2 is 1.66 bits per heavy atom. The van der Waals surface area contributed by atoms with Gasteiger partial charge in [0.25, 0.3) is 5.91 Å². The number of hydrogen-bond acceptors (Lipinski definition) is 4. The Morgan fingerprint density at radius 1 is 0.969 bits per heavy atom. The minimum absolute atomic E-state index is 0.0892. The molecule has 0 atom stereocenters. The fourth-order valence-electron chi connectivity index (χ4n) is 4.40. The molecule has 172 valence electrons. The quantitative estimate of drug-likeness (QED) is 0.687. The molecule has 2 aromatic carbocycles. The molecule has 32 heavy (non-hydrogen) atoms.